The fourth-order valence-corrected chi connectivity index (χ4v) is 4.80. The Balaban J connectivity index is 2.11. The SMILES string of the molecule is CCC1CCCCC1(N)C1CC(C)CC(C)C1. The van der Waals surface area contributed by atoms with Gasteiger partial charge in [0, 0.05) is 5.54 Å². The molecular formula is C16H31N. The molecular weight excluding hydrogens is 206 g/mol. The van der Waals surface area contributed by atoms with Gasteiger partial charge >= 0.3 is 0 Å². The molecule has 0 aromatic carbocycles. The number of hydrogen-bond donors (Lipinski definition) is 1. The molecule has 17 heavy (non-hydrogen) atoms. The third-order valence-corrected chi connectivity index (χ3v) is 5.60. The van der Waals surface area contributed by atoms with Crippen LogP contribution in [-0.4, -0.2) is 5.54 Å². The van der Waals surface area contributed by atoms with Crippen LogP contribution in [0.3, 0.4) is 0 Å². The van der Waals surface area contributed by atoms with E-state index in [1.165, 1.54) is 51.4 Å². The average Bonchev–Trinajstić information content (AvgIpc) is 2.28. The first-order valence-corrected chi connectivity index (χ1v) is 7.85. The number of rotatable bonds is 2. The summed E-state index contributed by atoms with van der Waals surface area (Å²) >= 11 is 0. The third-order valence-electron chi connectivity index (χ3n) is 5.60. The second-order valence-electron chi connectivity index (χ2n) is 7.08. The van der Waals surface area contributed by atoms with Gasteiger partial charge in [-0.2, -0.15) is 0 Å². The van der Waals surface area contributed by atoms with Gasteiger partial charge in [-0.05, 0) is 55.8 Å². The Morgan fingerprint density at radius 1 is 1.06 bits per heavy atom. The van der Waals surface area contributed by atoms with Crippen molar-refractivity contribution in [2.75, 3.05) is 0 Å². The van der Waals surface area contributed by atoms with Gasteiger partial charge in [0.2, 0.25) is 0 Å². The summed E-state index contributed by atoms with van der Waals surface area (Å²) in [5, 5.41) is 0. The molecule has 2 N–H and O–H groups in total. The van der Waals surface area contributed by atoms with Gasteiger partial charge in [-0.15, -0.1) is 0 Å². The second-order valence-corrected chi connectivity index (χ2v) is 7.08. The largest absolute Gasteiger partial charge is 0.325 e. The zero-order valence-electron chi connectivity index (χ0n) is 12.0. The molecule has 0 bridgehead atoms. The molecule has 4 atom stereocenters. The highest BCUT2D eigenvalue weighted by Crippen LogP contribution is 2.46. The first kappa shape index (κ1) is 13.4. The highest BCUT2D eigenvalue weighted by molar-refractivity contribution is 5.00. The molecule has 4 unspecified atom stereocenters. The highest BCUT2D eigenvalue weighted by atomic mass is 14.8. The Bertz CT molecular complexity index is 240. The fourth-order valence-electron chi connectivity index (χ4n) is 4.80. The summed E-state index contributed by atoms with van der Waals surface area (Å²) in [6.45, 7) is 7.19. The molecule has 2 aliphatic carbocycles. The van der Waals surface area contributed by atoms with Gasteiger partial charge in [-0.1, -0.05) is 40.0 Å². The summed E-state index contributed by atoms with van der Waals surface area (Å²) in [6, 6.07) is 0. The Hall–Kier alpha value is -0.0400. The van der Waals surface area contributed by atoms with Crippen LogP contribution in [0.4, 0.5) is 0 Å². The molecule has 0 saturated heterocycles. The second kappa shape index (κ2) is 5.30. The van der Waals surface area contributed by atoms with E-state index in [9.17, 15) is 0 Å². The Morgan fingerprint density at radius 3 is 2.29 bits per heavy atom. The predicted octanol–water partition coefficient (Wildman–Crippen LogP) is 4.36. The maximum absolute atomic E-state index is 6.91. The molecule has 2 fully saturated rings. The zero-order valence-corrected chi connectivity index (χ0v) is 12.0. The lowest BCUT2D eigenvalue weighted by Gasteiger charge is -2.50. The van der Waals surface area contributed by atoms with Crippen molar-refractivity contribution in [3.8, 4) is 0 Å². The number of nitrogens with two attached hydrogens (primary N) is 1. The molecule has 100 valence electrons. The molecule has 0 aliphatic heterocycles. The monoisotopic (exact) mass is 237 g/mol. The lowest BCUT2D eigenvalue weighted by molar-refractivity contribution is 0.0564. The van der Waals surface area contributed by atoms with Crippen LogP contribution < -0.4 is 5.73 Å². The smallest absolute Gasteiger partial charge is 0.0211 e. The molecule has 0 heterocycles. The Kier molecular flexibility index (Phi) is 4.18. The van der Waals surface area contributed by atoms with Crippen molar-refractivity contribution in [1.29, 1.82) is 0 Å². The van der Waals surface area contributed by atoms with Gasteiger partial charge < -0.3 is 5.73 Å². The maximum Gasteiger partial charge on any atom is 0.0211 e. The van der Waals surface area contributed by atoms with E-state index in [2.05, 4.69) is 20.8 Å². The van der Waals surface area contributed by atoms with Crippen molar-refractivity contribution in [2.45, 2.75) is 77.7 Å². The predicted molar refractivity (Wildman–Crippen MR) is 74.8 cm³/mol. The lowest BCUT2D eigenvalue weighted by Crippen LogP contribution is -2.56. The van der Waals surface area contributed by atoms with Crippen molar-refractivity contribution in [2.24, 2.45) is 29.4 Å². The Labute approximate surface area is 108 Å². The van der Waals surface area contributed by atoms with Crippen molar-refractivity contribution >= 4 is 0 Å². The summed E-state index contributed by atoms with van der Waals surface area (Å²) in [7, 11) is 0. The summed E-state index contributed by atoms with van der Waals surface area (Å²) < 4.78 is 0. The van der Waals surface area contributed by atoms with Gasteiger partial charge in [-0.3, -0.25) is 0 Å². The standard InChI is InChI=1S/C16H31N/c1-4-14-7-5-6-8-16(14,17)15-10-12(2)9-13(3)11-15/h12-15H,4-11,17H2,1-3H3. The average molecular weight is 237 g/mol. The minimum Gasteiger partial charge on any atom is -0.325 e. The quantitative estimate of drug-likeness (QED) is 0.759. The molecule has 0 aromatic rings. The van der Waals surface area contributed by atoms with Crippen LogP contribution in [-0.2, 0) is 0 Å². The summed E-state index contributed by atoms with van der Waals surface area (Å²) in [5.41, 5.74) is 7.09. The Morgan fingerprint density at radius 2 is 1.71 bits per heavy atom. The molecule has 0 aromatic heterocycles. The minimum atomic E-state index is 0.177. The number of hydrogen-bond acceptors (Lipinski definition) is 1. The molecule has 1 heteroatoms. The molecule has 0 amide bonds. The first-order valence-electron chi connectivity index (χ1n) is 7.85. The lowest BCUT2D eigenvalue weighted by atomic mass is 9.59. The molecule has 2 saturated carbocycles. The third kappa shape index (κ3) is 2.70. The molecule has 0 spiro atoms. The van der Waals surface area contributed by atoms with E-state index in [4.69, 9.17) is 5.73 Å². The van der Waals surface area contributed by atoms with Crippen LogP contribution in [0.15, 0.2) is 0 Å². The zero-order chi connectivity index (χ0) is 12.5. The van der Waals surface area contributed by atoms with Crippen LogP contribution >= 0.6 is 0 Å². The van der Waals surface area contributed by atoms with Crippen molar-refractivity contribution < 1.29 is 0 Å². The van der Waals surface area contributed by atoms with Crippen LogP contribution in [0.25, 0.3) is 0 Å². The van der Waals surface area contributed by atoms with E-state index < -0.39 is 0 Å². The van der Waals surface area contributed by atoms with Gasteiger partial charge in [0.1, 0.15) is 0 Å². The molecule has 0 radical (unpaired) electrons. The van der Waals surface area contributed by atoms with E-state index in [1.807, 2.05) is 0 Å². The van der Waals surface area contributed by atoms with Crippen molar-refractivity contribution in [1.82, 2.24) is 0 Å². The van der Waals surface area contributed by atoms with E-state index in [-0.39, 0.29) is 5.54 Å². The fraction of sp³-hybridized carbons (Fsp3) is 1.00. The summed E-state index contributed by atoms with van der Waals surface area (Å²) in [6.07, 6.45) is 10.9. The van der Waals surface area contributed by atoms with Crippen molar-refractivity contribution in [3.05, 3.63) is 0 Å². The molecule has 2 aliphatic rings. The van der Waals surface area contributed by atoms with Gasteiger partial charge in [0.15, 0.2) is 0 Å². The van der Waals surface area contributed by atoms with Crippen LogP contribution in [0.5, 0.6) is 0 Å². The normalized spacial score (nSPS) is 48.0. The highest BCUT2D eigenvalue weighted by Gasteiger charge is 2.44. The van der Waals surface area contributed by atoms with E-state index >= 15 is 0 Å². The minimum absolute atomic E-state index is 0.177. The van der Waals surface area contributed by atoms with Gasteiger partial charge in [0.05, 0.1) is 0 Å². The van der Waals surface area contributed by atoms with E-state index in [0.29, 0.717) is 0 Å². The first-order chi connectivity index (χ1) is 8.06. The molecule has 2 rings (SSSR count). The van der Waals surface area contributed by atoms with Crippen LogP contribution in [0, 0.1) is 23.7 Å². The van der Waals surface area contributed by atoms with Crippen LogP contribution in [0.2, 0.25) is 0 Å². The molecule has 1 nitrogen and oxygen atoms in total. The maximum atomic E-state index is 6.91. The van der Waals surface area contributed by atoms with Crippen molar-refractivity contribution in [3.63, 3.8) is 0 Å². The summed E-state index contributed by atoms with van der Waals surface area (Å²) in [4.78, 5) is 0. The van der Waals surface area contributed by atoms with Gasteiger partial charge in [0.25, 0.3) is 0 Å². The van der Waals surface area contributed by atoms with Crippen LogP contribution in [0.1, 0.15) is 72.1 Å². The van der Waals surface area contributed by atoms with E-state index in [0.717, 1.165) is 23.7 Å². The van der Waals surface area contributed by atoms with Gasteiger partial charge in [-0.25, -0.2) is 0 Å². The topological polar surface area (TPSA) is 26.0 Å². The van der Waals surface area contributed by atoms with E-state index in [1.54, 1.807) is 0 Å². The summed E-state index contributed by atoms with van der Waals surface area (Å²) in [5.74, 6) is 3.37.